The van der Waals surface area contributed by atoms with Crippen molar-refractivity contribution in [3.05, 3.63) is 48.3 Å². The van der Waals surface area contributed by atoms with E-state index in [0.29, 0.717) is 30.6 Å². The Labute approximate surface area is 155 Å². The maximum atomic E-state index is 12.9. The predicted molar refractivity (Wildman–Crippen MR) is 100 cm³/mol. The molecule has 0 bridgehead atoms. The van der Waals surface area contributed by atoms with Crippen molar-refractivity contribution in [1.82, 2.24) is 19.0 Å². The molecule has 1 aromatic heterocycles. The molecule has 4 rings (SSSR count). The molecule has 6 nitrogen and oxygen atoms in total. The van der Waals surface area contributed by atoms with Crippen LogP contribution in [0.1, 0.15) is 31.2 Å². The Balaban J connectivity index is 1.41. The third kappa shape index (κ3) is 3.70. The van der Waals surface area contributed by atoms with Crippen molar-refractivity contribution in [1.29, 1.82) is 0 Å². The van der Waals surface area contributed by atoms with Gasteiger partial charge in [0.15, 0.2) is 0 Å². The Morgan fingerprint density at radius 3 is 2.38 bits per heavy atom. The van der Waals surface area contributed by atoms with Crippen LogP contribution in [0.2, 0.25) is 0 Å². The monoisotopic (exact) mass is 374 g/mol. The maximum Gasteiger partial charge on any atom is 0.246 e. The minimum Gasteiger partial charge on any atom is -0.300 e. The number of piperidine rings is 1. The number of hydrogen-bond acceptors (Lipinski definition) is 4. The highest BCUT2D eigenvalue weighted by molar-refractivity contribution is 7.89. The fraction of sp³-hybridized carbons (Fsp3) is 0.526. The van der Waals surface area contributed by atoms with Crippen LogP contribution >= 0.6 is 0 Å². The minimum absolute atomic E-state index is 0.299. The van der Waals surface area contributed by atoms with E-state index in [-0.39, 0.29) is 0 Å². The van der Waals surface area contributed by atoms with E-state index in [1.54, 1.807) is 15.2 Å². The van der Waals surface area contributed by atoms with Gasteiger partial charge in [0, 0.05) is 25.3 Å². The van der Waals surface area contributed by atoms with Crippen LogP contribution in [0.5, 0.6) is 0 Å². The molecule has 0 saturated carbocycles. The standard InChI is InChI=1S/C19H26N4O2S/c24-26(25,23-12-8-18(9-13-23)21-10-4-5-11-21)19-14-20-22(16-19)15-17-6-2-1-3-7-17/h1-3,6-7,14,16,18H,4-5,8-13,15H2. The Kier molecular flexibility index (Phi) is 5.11. The van der Waals surface area contributed by atoms with E-state index in [2.05, 4.69) is 10.00 Å². The quantitative estimate of drug-likeness (QED) is 0.805. The lowest BCUT2D eigenvalue weighted by molar-refractivity contribution is 0.168. The molecule has 2 saturated heterocycles. The Morgan fingerprint density at radius 2 is 1.69 bits per heavy atom. The Bertz CT molecular complexity index is 820. The normalized spacial score (nSPS) is 20.6. The number of aromatic nitrogens is 2. The second kappa shape index (κ2) is 7.50. The van der Waals surface area contributed by atoms with Crippen LogP contribution in [0.3, 0.4) is 0 Å². The summed E-state index contributed by atoms with van der Waals surface area (Å²) in [6.07, 6.45) is 7.53. The van der Waals surface area contributed by atoms with E-state index in [4.69, 9.17) is 0 Å². The van der Waals surface area contributed by atoms with E-state index >= 15 is 0 Å². The summed E-state index contributed by atoms with van der Waals surface area (Å²) in [5.41, 5.74) is 1.10. The molecule has 3 heterocycles. The first-order valence-corrected chi connectivity index (χ1v) is 10.9. The molecule has 0 unspecified atom stereocenters. The van der Waals surface area contributed by atoms with Gasteiger partial charge in [-0.1, -0.05) is 30.3 Å². The van der Waals surface area contributed by atoms with E-state index in [1.807, 2.05) is 30.3 Å². The van der Waals surface area contributed by atoms with Crippen LogP contribution in [-0.4, -0.2) is 59.6 Å². The van der Waals surface area contributed by atoms with Gasteiger partial charge >= 0.3 is 0 Å². The molecule has 0 amide bonds. The van der Waals surface area contributed by atoms with Gasteiger partial charge in [-0.05, 0) is 44.3 Å². The fourth-order valence-electron chi connectivity index (χ4n) is 4.04. The number of hydrogen-bond donors (Lipinski definition) is 0. The second-order valence-corrected chi connectivity index (χ2v) is 9.18. The SMILES string of the molecule is O=S(=O)(c1cnn(Cc2ccccc2)c1)N1CCC(N2CCCC2)CC1. The van der Waals surface area contributed by atoms with Gasteiger partial charge in [0.1, 0.15) is 4.90 Å². The van der Waals surface area contributed by atoms with Gasteiger partial charge in [-0.25, -0.2) is 8.42 Å². The highest BCUT2D eigenvalue weighted by atomic mass is 32.2. The summed E-state index contributed by atoms with van der Waals surface area (Å²) >= 11 is 0. The lowest BCUT2D eigenvalue weighted by atomic mass is 10.1. The van der Waals surface area contributed by atoms with E-state index in [9.17, 15) is 8.42 Å². The fourth-order valence-corrected chi connectivity index (χ4v) is 5.46. The van der Waals surface area contributed by atoms with E-state index < -0.39 is 10.0 Å². The van der Waals surface area contributed by atoms with Crippen LogP contribution < -0.4 is 0 Å². The molecule has 26 heavy (non-hydrogen) atoms. The summed E-state index contributed by atoms with van der Waals surface area (Å²) < 4.78 is 29.2. The topological polar surface area (TPSA) is 58.4 Å². The molecular formula is C19H26N4O2S. The zero-order valence-electron chi connectivity index (χ0n) is 15.0. The van der Waals surface area contributed by atoms with Gasteiger partial charge in [0.2, 0.25) is 10.0 Å². The molecule has 0 spiro atoms. The van der Waals surface area contributed by atoms with Gasteiger partial charge in [-0.15, -0.1) is 0 Å². The number of nitrogens with zero attached hydrogens (tertiary/aromatic N) is 4. The van der Waals surface area contributed by atoms with Crippen LogP contribution in [0.25, 0.3) is 0 Å². The molecular weight excluding hydrogens is 348 g/mol. The summed E-state index contributed by atoms with van der Waals surface area (Å²) in [6.45, 7) is 4.13. The van der Waals surface area contributed by atoms with Crippen LogP contribution in [-0.2, 0) is 16.6 Å². The number of rotatable bonds is 5. The number of benzene rings is 1. The smallest absolute Gasteiger partial charge is 0.246 e. The summed E-state index contributed by atoms with van der Waals surface area (Å²) in [5, 5.41) is 4.25. The third-order valence-electron chi connectivity index (χ3n) is 5.52. The highest BCUT2D eigenvalue weighted by Gasteiger charge is 2.33. The average molecular weight is 375 g/mol. The molecule has 140 valence electrons. The summed E-state index contributed by atoms with van der Waals surface area (Å²) in [5.74, 6) is 0. The molecule has 0 atom stereocenters. The molecule has 7 heteroatoms. The lowest BCUT2D eigenvalue weighted by Crippen LogP contribution is -2.45. The molecule has 1 aromatic carbocycles. The molecule has 2 aliphatic rings. The molecule has 2 aliphatic heterocycles. The zero-order chi connectivity index (χ0) is 18.0. The molecule has 2 fully saturated rings. The molecule has 2 aromatic rings. The number of sulfonamides is 1. The van der Waals surface area contributed by atoms with E-state index in [0.717, 1.165) is 18.4 Å². The van der Waals surface area contributed by atoms with E-state index in [1.165, 1.54) is 32.1 Å². The first-order chi connectivity index (χ1) is 12.6. The van der Waals surface area contributed by atoms with Gasteiger partial charge in [0.05, 0.1) is 12.7 Å². The van der Waals surface area contributed by atoms with Gasteiger partial charge in [-0.3, -0.25) is 4.68 Å². The van der Waals surface area contributed by atoms with Crippen LogP contribution in [0.15, 0.2) is 47.6 Å². The summed E-state index contributed by atoms with van der Waals surface area (Å²) in [4.78, 5) is 2.83. The van der Waals surface area contributed by atoms with Gasteiger partial charge in [-0.2, -0.15) is 9.40 Å². The van der Waals surface area contributed by atoms with Crippen molar-refractivity contribution in [3.8, 4) is 0 Å². The average Bonchev–Trinajstić information content (AvgIpc) is 3.35. The van der Waals surface area contributed by atoms with Crippen LogP contribution in [0, 0.1) is 0 Å². The first kappa shape index (κ1) is 17.7. The highest BCUT2D eigenvalue weighted by Crippen LogP contribution is 2.25. The van der Waals surface area contributed by atoms with Crippen molar-refractivity contribution in [2.24, 2.45) is 0 Å². The Morgan fingerprint density at radius 1 is 1.00 bits per heavy atom. The molecule has 0 N–H and O–H groups in total. The van der Waals surface area contributed by atoms with Crippen molar-refractivity contribution in [2.45, 2.75) is 43.2 Å². The lowest BCUT2D eigenvalue weighted by Gasteiger charge is -2.35. The second-order valence-electron chi connectivity index (χ2n) is 7.24. The third-order valence-corrected chi connectivity index (χ3v) is 7.37. The summed E-state index contributed by atoms with van der Waals surface area (Å²) in [6, 6.07) is 10.5. The van der Waals surface area contributed by atoms with Crippen LogP contribution in [0.4, 0.5) is 0 Å². The van der Waals surface area contributed by atoms with Crippen molar-refractivity contribution in [2.75, 3.05) is 26.2 Å². The van der Waals surface area contributed by atoms with Crippen molar-refractivity contribution < 1.29 is 8.42 Å². The van der Waals surface area contributed by atoms with Gasteiger partial charge in [0.25, 0.3) is 0 Å². The largest absolute Gasteiger partial charge is 0.300 e. The minimum atomic E-state index is -3.45. The zero-order valence-corrected chi connectivity index (χ0v) is 15.8. The molecule has 0 aliphatic carbocycles. The van der Waals surface area contributed by atoms with Crippen molar-refractivity contribution in [3.63, 3.8) is 0 Å². The molecule has 0 radical (unpaired) electrons. The maximum absolute atomic E-state index is 12.9. The van der Waals surface area contributed by atoms with Crippen molar-refractivity contribution >= 4 is 10.0 Å². The van der Waals surface area contributed by atoms with Gasteiger partial charge < -0.3 is 4.90 Å². The number of likely N-dealkylation sites (tertiary alicyclic amines) is 1. The first-order valence-electron chi connectivity index (χ1n) is 9.43. The predicted octanol–water partition coefficient (Wildman–Crippen LogP) is 2.18. The summed E-state index contributed by atoms with van der Waals surface area (Å²) in [7, 11) is -3.45. The Hall–Kier alpha value is -1.70.